The summed E-state index contributed by atoms with van der Waals surface area (Å²) in [6, 6.07) is 20.9. The lowest BCUT2D eigenvalue weighted by atomic mass is 10.0. The fraction of sp³-hybridized carbons (Fsp3) is 0.314. The quantitative estimate of drug-likeness (QED) is 0.144. The van der Waals surface area contributed by atoms with E-state index in [0.29, 0.717) is 46.5 Å². The average molecular weight is 627 g/mol. The third kappa shape index (κ3) is 6.98. The number of hydrogen-bond donors (Lipinski definition) is 2. The standard InChI is InChI=1S/C35H38N4O7/c1-21-20-39(33(42)46-35(3,4)5)22(2)19-38(21)32(41)24-12-14-25(15-13-24)36-30(23-10-8-7-9-11-23)29-27-17-16-26(45-34(43)44-6)18-28(27)37-31(29)40/h7-18,21-22,37,40H,19-20H2,1-6H3/t21-,22+/m1/s1. The van der Waals surface area contributed by atoms with E-state index in [1.807, 2.05) is 65.0 Å². The SMILES string of the molecule is COC(=O)Oc1ccc2c(C(=Nc3ccc(C(=O)N4C[C@H](C)N(C(=O)OC(C)(C)C)C[C@H]4C)cc3)c3ccccc3)c(O)[nH]c2c1. The summed E-state index contributed by atoms with van der Waals surface area (Å²) in [6.45, 7) is 10.1. The number of hydrogen-bond acceptors (Lipinski definition) is 8. The molecule has 0 unspecified atom stereocenters. The molecule has 2 amide bonds. The third-order valence-electron chi connectivity index (χ3n) is 7.63. The van der Waals surface area contributed by atoms with Crippen LogP contribution in [0.3, 0.4) is 0 Å². The Kier molecular flexibility index (Phi) is 9.04. The topological polar surface area (TPSA) is 134 Å². The Morgan fingerprint density at radius 2 is 1.54 bits per heavy atom. The van der Waals surface area contributed by atoms with Crippen LogP contribution in [0, 0.1) is 0 Å². The number of aromatic hydroxyl groups is 1. The molecule has 0 radical (unpaired) electrons. The number of nitrogens with zero attached hydrogens (tertiary/aromatic N) is 3. The number of aliphatic imine (C=N–C) groups is 1. The normalized spacial score (nSPS) is 17.1. The Hall–Kier alpha value is -5.32. The second kappa shape index (κ2) is 13.0. The number of aromatic amines is 1. The first kappa shape index (κ1) is 32.1. The van der Waals surface area contributed by atoms with Gasteiger partial charge in [-0.2, -0.15) is 0 Å². The highest BCUT2D eigenvalue weighted by molar-refractivity contribution is 6.22. The molecule has 1 fully saturated rings. The zero-order valence-electron chi connectivity index (χ0n) is 26.7. The largest absolute Gasteiger partial charge is 0.513 e. The molecule has 0 aliphatic carbocycles. The number of nitrogens with one attached hydrogen (secondary N) is 1. The minimum atomic E-state index is -0.851. The summed E-state index contributed by atoms with van der Waals surface area (Å²) < 4.78 is 15.3. The summed E-state index contributed by atoms with van der Waals surface area (Å²) in [5, 5.41) is 11.7. The van der Waals surface area contributed by atoms with Crippen LogP contribution in [-0.2, 0) is 9.47 Å². The predicted molar refractivity (Wildman–Crippen MR) is 174 cm³/mol. The second-order valence-electron chi connectivity index (χ2n) is 12.3. The van der Waals surface area contributed by atoms with Gasteiger partial charge in [0.25, 0.3) is 5.91 Å². The molecule has 5 rings (SSSR count). The van der Waals surface area contributed by atoms with Gasteiger partial charge in [-0.3, -0.25) is 4.79 Å². The van der Waals surface area contributed by atoms with Crippen LogP contribution in [0.25, 0.3) is 10.9 Å². The molecule has 0 bridgehead atoms. The first-order valence-electron chi connectivity index (χ1n) is 15.0. The van der Waals surface area contributed by atoms with Crippen molar-refractivity contribution >= 4 is 40.5 Å². The van der Waals surface area contributed by atoms with Crippen LogP contribution in [0.4, 0.5) is 15.3 Å². The maximum atomic E-state index is 13.6. The van der Waals surface area contributed by atoms with Crippen molar-refractivity contribution in [1.82, 2.24) is 14.8 Å². The van der Waals surface area contributed by atoms with Crippen LogP contribution in [0.2, 0.25) is 0 Å². The number of aromatic nitrogens is 1. The molecule has 4 aromatic rings. The van der Waals surface area contributed by atoms with Crippen LogP contribution in [0.1, 0.15) is 56.1 Å². The fourth-order valence-electron chi connectivity index (χ4n) is 5.42. The van der Waals surface area contributed by atoms with Gasteiger partial charge in [0.15, 0.2) is 5.88 Å². The minimum absolute atomic E-state index is 0.103. The molecular formula is C35H38N4O7. The number of benzene rings is 3. The van der Waals surface area contributed by atoms with Crippen LogP contribution in [0.15, 0.2) is 77.8 Å². The zero-order valence-corrected chi connectivity index (χ0v) is 26.7. The molecule has 2 atom stereocenters. The van der Waals surface area contributed by atoms with Crippen LogP contribution < -0.4 is 4.74 Å². The minimum Gasteiger partial charge on any atom is -0.494 e. The number of carbonyl (C=O) groups is 3. The van der Waals surface area contributed by atoms with Crippen molar-refractivity contribution in [3.63, 3.8) is 0 Å². The van der Waals surface area contributed by atoms with E-state index in [2.05, 4.69) is 9.72 Å². The van der Waals surface area contributed by atoms with Crippen LogP contribution in [0.5, 0.6) is 11.6 Å². The Balaban J connectivity index is 1.41. The van der Waals surface area contributed by atoms with Crippen molar-refractivity contribution in [3.05, 3.63) is 89.5 Å². The molecule has 46 heavy (non-hydrogen) atoms. The number of H-pyrrole nitrogens is 1. The summed E-state index contributed by atoms with van der Waals surface area (Å²) in [5.74, 6) is 0.00933. The summed E-state index contributed by atoms with van der Waals surface area (Å²) in [6.07, 6.45) is -1.23. The van der Waals surface area contributed by atoms with E-state index in [1.165, 1.54) is 7.11 Å². The van der Waals surface area contributed by atoms with E-state index in [4.69, 9.17) is 14.5 Å². The van der Waals surface area contributed by atoms with Gasteiger partial charge in [0.2, 0.25) is 0 Å². The summed E-state index contributed by atoms with van der Waals surface area (Å²) in [4.78, 5) is 49.2. The molecule has 0 saturated carbocycles. The van der Waals surface area contributed by atoms with Crippen molar-refractivity contribution in [2.75, 3.05) is 20.2 Å². The second-order valence-corrected chi connectivity index (χ2v) is 12.3. The molecule has 1 aliphatic heterocycles. The zero-order chi connectivity index (χ0) is 33.2. The number of fused-ring (bicyclic) bond motifs is 1. The molecule has 1 saturated heterocycles. The van der Waals surface area contributed by atoms with Crippen molar-refractivity contribution in [2.45, 2.75) is 52.3 Å². The van der Waals surface area contributed by atoms with Gasteiger partial charge < -0.3 is 34.1 Å². The Morgan fingerprint density at radius 1 is 0.891 bits per heavy atom. The molecule has 2 heterocycles. The van der Waals surface area contributed by atoms with Gasteiger partial charge in [-0.25, -0.2) is 14.6 Å². The fourth-order valence-corrected chi connectivity index (χ4v) is 5.42. The molecule has 1 aromatic heterocycles. The smallest absolute Gasteiger partial charge is 0.494 e. The lowest BCUT2D eigenvalue weighted by Crippen LogP contribution is -2.60. The maximum Gasteiger partial charge on any atom is 0.513 e. The summed E-state index contributed by atoms with van der Waals surface area (Å²) in [5.41, 5.74) is 2.74. The predicted octanol–water partition coefficient (Wildman–Crippen LogP) is 6.66. The molecule has 3 aromatic carbocycles. The highest BCUT2D eigenvalue weighted by Crippen LogP contribution is 2.34. The summed E-state index contributed by atoms with van der Waals surface area (Å²) >= 11 is 0. The first-order valence-corrected chi connectivity index (χ1v) is 15.0. The third-order valence-corrected chi connectivity index (χ3v) is 7.63. The van der Waals surface area contributed by atoms with Gasteiger partial charge in [0, 0.05) is 47.8 Å². The number of piperazine rings is 1. The van der Waals surface area contributed by atoms with E-state index in [-0.39, 0.29) is 35.7 Å². The average Bonchev–Trinajstić information content (AvgIpc) is 3.34. The molecule has 240 valence electrons. The van der Waals surface area contributed by atoms with E-state index in [1.54, 1.807) is 52.3 Å². The lowest BCUT2D eigenvalue weighted by molar-refractivity contribution is -0.00789. The van der Waals surface area contributed by atoms with Crippen molar-refractivity contribution in [3.8, 4) is 11.6 Å². The van der Waals surface area contributed by atoms with Gasteiger partial charge in [-0.15, -0.1) is 0 Å². The van der Waals surface area contributed by atoms with Gasteiger partial charge in [0.05, 0.1) is 29.6 Å². The maximum absolute atomic E-state index is 13.6. The van der Waals surface area contributed by atoms with E-state index < -0.39 is 11.8 Å². The van der Waals surface area contributed by atoms with E-state index in [0.717, 1.165) is 5.56 Å². The molecule has 0 spiro atoms. The molecule has 11 nitrogen and oxygen atoms in total. The molecular weight excluding hydrogens is 588 g/mol. The number of methoxy groups -OCH3 is 1. The Bertz CT molecular complexity index is 1770. The summed E-state index contributed by atoms with van der Waals surface area (Å²) in [7, 11) is 1.22. The monoisotopic (exact) mass is 626 g/mol. The lowest BCUT2D eigenvalue weighted by Gasteiger charge is -2.44. The number of carbonyl (C=O) groups excluding carboxylic acids is 3. The van der Waals surface area contributed by atoms with Crippen molar-refractivity contribution in [2.24, 2.45) is 4.99 Å². The number of amides is 2. The van der Waals surface area contributed by atoms with Crippen molar-refractivity contribution in [1.29, 1.82) is 0 Å². The number of ether oxygens (including phenoxy) is 3. The van der Waals surface area contributed by atoms with Gasteiger partial charge in [-0.1, -0.05) is 30.3 Å². The van der Waals surface area contributed by atoms with Crippen molar-refractivity contribution < 1.29 is 33.7 Å². The van der Waals surface area contributed by atoms with E-state index in [9.17, 15) is 19.5 Å². The molecule has 11 heteroatoms. The van der Waals surface area contributed by atoms with Gasteiger partial charge in [0.1, 0.15) is 11.4 Å². The van der Waals surface area contributed by atoms with Crippen LogP contribution >= 0.6 is 0 Å². The molecule has 1 aliphatic rings. The Labute approximate surface area is 267 Å². The van der Waals surface area contributed by atoms with E-state index >= 15 is 0 Å². The van der Waals surface area contributed by atoms with Gasteiger partial charge in [-0.05, 0) is 71.0 Å². The molecule has 2 N–H and O–H groups in total. The first-order chi connectivity index (χ1) is 21.8. The van der Waals surface area contributed by atoms with Crippen LogP contribution in [-0.4, -0.2) is 81.6 Å². The highest BCUT2D eigenvalue weighted by Gasteiger charge is 2.36. The Morgan fingerprint density at radius 3 is 2.20 bits per heavy atom. The highest BCUT2D eigenvalue weighted by atomic mass is 16.7. The number of rotatable bonds is 5. The van der Waals surface area contributed by atoms with Gasteiger partial charge >= 0.3 is 12.2 Å².